The largest absolute Gasteiger partial charge is 0.573 e. The number of benzene rings is 1. The van der Waals surface area contributed by atoms with Crippen molar-refractivity contribution in [3.05, 3.63) is 29.8 Å². The maximum Gasteiger partial charge on any atom is 0.573 e. The van der Waals surface area contributed by atoms with E-state index in [9.17, 15) is 27.6 Å². The second kappa shape index (κ2) is 10.9. The third kappa shape index (κ3) is 8.37. The monoisotopic (exact) mass is 432 g/mol. The van der Waals surface area contributed by atoms with Gasteiger partial charge in [0.15, 0.2) is 0 Å². The number of nitrogens with one attached hydrogen (secondary N) is 2. The van der Waals surface area contributed by atoms with E-state index in [0.29, 0.717) is 31.2 Å². The van der Waals surface area contributed by atoms with Gasteiger partial charge in [-0.05, 0) is 50.9 Å². The van der Waals surface area contributed by atoms with Crippen molar-refractivity contribution in [1.29, 1.82) is 0 Å². The first-order chi connectivity index (χ1) is 13.9. The molecule has 0 aliphatic carbocycles. The van der Waals surface area contributed by atoms with Crippen molar-refractivity contribution >= 4 is 18.1 Å². The molecule has 0 spiro atoms. The van der Waals surface area contributed by atoms with Gasteiger partial charge in [-0.2, -0.15) is 0 Å². The van der Waals surface area contributed by atoms with E-state index in [1.54, 1.807) is 0 Å². The van der Waals surface area contributed by atoms with E-state index in [0.717, 1.165) is 12.1 Å². The van der Waals surface area contributed by atoms with Gasteiger partial charge in [-0.1, -0.05) is 12.1 Å². The van der Waals surface area contributed by atoms with Crippen LogP contribution < -0.4 is 26.8 Å². The number of nitrogens with two attached hydrogens (primary N) is 2. The van der Waals surface area contributed by atoms with E-state index in [4.69, 9.17) is 11.5 Å². The third-order valence-corrected chi connectivity index (χ3v) is 4.36. The summed E-state index contributed by atoms with van der Waals surface area (Å²) in [7, 11) is 0. The van der Waals surface area contributed by atoms with Gasteiger partial charge in [0.1, 0.15) is 17.6 Å². The van der Waals surface area contributed by atoms with Crippen LogP contribution in [0.2, 0.25) is 0 Å². The zero-order valence-electron chi connectivity index (χ0n) is 16.8. The van der Waals surface area contributed by atoms with Crippen LogP contribution in [0.25, 0.3) is 0 Å². The van der Waals surface area contributed by atoms with Crippen molar-refractivity contribution in [2.45, 2.75) is 50.6 Å². The van der Waals surface area contributed by atoms with Crippen LogP contribution in [-0.2, 0) is 14.4 Å². The van der Waals surface area contributed by atoms with Gasteiger partial charge < -0.3 is 31.6 Å². The van der Waals surface area contributed by atoms with E-state index in [1.165, 1.54) is 26.0 Å². The lowest BCUT2D eigenvalue weighted by Crippen LogP contribution is -2.58. The molecule has 2 amide bonds. The standard InChI is InChI=1S/C19H27F3N4O4/c1-18(2,17(24)29)26-16(28)15(4-3-9-23)25-10-13(11-27)12-5-7-14(8-6-12)30-19(20,21)22/h5-8,11,13,15,25H,3-4,9-10,23H2,1-2H3,(H2,24,29)(H,26,28)/t13?,15-/m1/s1. The van der Waals surface area contributed by atoms with Crippen LogP contribution >= 0.6 is 0 Å². The number of alkyl halides is 3. The second-order valence-corrected chi connectivity index (χ2v) is 7.23. The van der Waals surface area contributed by atoms with Crippen LogP contribution in [0.4, 0.5) is 13.2 Å². The quantitative estimate of drug-likeness (QED) is 0.363. The summed E-state index contributed by atoms with van der Waals surface area (Å²) in [6.45, 7) is 3.31. The summed E-state index contributed by atoms with van der Waals surface area (Å²) in [6.07, 6.45) is -3.33. The van der Waals surface area contributed by atoms with Gasteiger partial charge >= 0.3 is 6.36 Å². The lowest BCUT2D eigenvalue weighted by atomic mass is 9.99. The number of ether oxygens (including phenoxy) is 1. The van der Waals surface area contributed by atoms with Crippen LogP contribution in [0, 0.1) is 0 Å². The Morgan fingerprint density at radius 2 is 1.80 bits per heavy atom. The van der Waals surface area contributed by atoms with Gasteiger partial charge in [0.05, 0.1) is 12.0 Å². The van der Waals surface area contributed by atoms with E-state index >= 15 is 0 Å². The van der Waals surface area contributed by atoms with Crippen molar-refractivity contribution in [3.63, 3.8) is 0 Å². The number of carbonyl (C=O) groups is 3. The molecule has 0 aliphatic rings. The zero-order chi connectivity index (χ0) is 22.9. The maximum absolute atomic E-state index is 12.6. The van der Waals surface area contributed by atoms with Gasteiger partial charge in [0.2, 0.25) is 11.8 Å². The summed E-state index contributed by atoms with van der Waals surface area (Å²) in [5.74, 6) is -2.31. The molecule has 0 heterocycles. The summed E-state index contributed by atoms with van der Waals surface area (Å²) < 4.78 is 40.6. The molecule has 0 fully saturated rings. The van der Waals surface area contributed by atoms with E-state index in [1.807, 2.05) is 0 Å². The highest BCUT2D eigenvalue weighted by molar-refractivity contribution is 5.91. The molecule has 2 atom stereocenters. The summed E-state index contributed by atoms with van der Waals surface area (Å²) in [4.78, 5) is 35.5. The Morgan fingerprint density at radius 3 is 2.27 bits per heavy atom. The second-order valence-electron chi connectivity index (χ2n) is 7.23. The Morgan fingerprint density at radius 1 is 1.20 bits per heavy atom. The molecule has 168 valence electrons. The number of hydrogen-bond acceptors (Lipinski definition) is 6. The summed E-state index contributed by atoms with van der Waals surface area (Å²) >= 11 is 0. The molecule has 0 saturated carbocycles. The fourth-order valence-corrected chi connectivity index (χ4v) is 2.53. The molecule has 8 nitrogen and oxygen atoms in total. The van der Waals surface area contributed by atoms with Gasteiger partial charge in [-0.15, -0.1) is 13.2 Å². The van der Waals surface area contributed by atoms with Crippen LogP contribution in [0.15, 0.2) is 24.3 Å². The molecule has 0 aromatic heterocycles. The lowest BCUT2D eigenvalue weighted by molar-refractivity contribution is -0.274. The minimum Gasteiger partial charge on any atom is -0.406 e. The van der Waals surface area contributed by atoms with Crippen molar-refractivity contribution in [2.75, 3.05) is 13.1 Å². The topological polar surface area (TPSA) is 137 Å². The van der Waals surface area contributed by atoms with Crippen molar-refractivity contribution in [2.24, 2.45) is 11.5 Å². The van der Waals surface area contributed by atoms with Crippen LogP contribution in [0.5, 0.6) is 5.75 Å². The Hall–Kier alpha value is -2.66. The smallest absolute Gasteiger partial charge is 0.406 e. The third-order valence-electron chi connectivity index (χ3n) is 4.36. The SMILES string of the molecule is CC(C)(NC(=O)[C@@H](CCCN)NCC(C=O)c1ccc(OC(F)(F)F)cc1)C(N)=O. The number of carbonyl (C=O) groups excluding carboxylic acids is 3. The number of rotatable bonds is 12. The minimum atomic E-state index is -4.81. The van der Waals surface area contributed by atoms with Crippen molar-refractivity contribution in [1.82, 2.24) is 10.6 Å². The van der Waals surface area contributed by atoms with Crippen LogP contribution in [0.3, 0.4) is 0 Å². The summed E-state index contributed by atoms with van der Waals surface area (Å²) in [6, 6.07) is 4.14. The molecule has 1 aromatic rings. The molecule has 30 heavy (non-hydrogen) atoms. The van der Waals surface area contributed by atoms with E-state index in [-0.39, 0.29) is 6.54 Å². The molecule has 0 saturated heterocycles. The summed E-state index contributed by atoms with van der Waals surface area (Å²) in [5.41, 5.74) is 9.95. The number of halogens is 3. The Kier molecular flexibility index (Phi) is 9.24. The highest BCUT2D eigenvalue weighted by atomic mass is 19.4. The van der Waals surface area contributed by atoms with Crippen molar-refractivity contribution in [3.8, 4) is 5.75 Å². The first-order valence-electron chi connectivity index (χ1n) is 9.26. The number of primary amides is 1. The van der Waals surface area contributed by atoms with Crippen molar-refractivity contribution < 1.29 is 32.3 Å². The molecule has 6 N–H and O–H groups in total. The van der Waals surface area contributed by atoms with Gasteiger partial charge in [-0.25, -0.2) is 0 Å². The predicted molar refractivity (Wildman–Crippen MR) is 103 cm³/mol. The average Bonchev–Trinajstić information content (AvgIpc) is 2.63. The molecule has 0 aliphatic heterocycles. The first-order valence-corrected chi connectivity index (χ1v) is 9.26. The Balaban J connectivity index is 2.83. The molecule has 1 unspecified atom stereocenters. The Bertz CT molecular complexity index is 723. The Labute approximate surface area is 172 Å². The number of aldehydes is 1. The lowest BCUT2D eigenvalue weighted by Gasteiger charge is -2.27. The fraction of sp³-hybridized carbons (Fsp3) is 0.526. The number of amides is 2. The minimum absolute atomic E-state index is 0.0443. The first kappa shape index (κ1) is 25.4. The van der Waals surface area contributed by atoms with E-state index in [2.05, 4.69) is 15.4 Å². The molecular weight excluding hydrogens is 405 g/mol. The van der Waals surface area contributed by atoms with Crippen LogP contribution in [-0.4, -0.2) is 49.1 Å². The molecule has 11 heteroatoms. The molecular formula is C19H27F3N4O4. The highest BCUT2D eigenvalue weighted by Crippen LogP contribution is 2.24. The maximum atomic E-state index is 12.6. The molecule has 1 aromatic carbocycles. The zero-order valence-corrected chi connectivity index (χ0v) is 16.8. The molecule has 0 bridgehead atoms. The average molecular weight is 432 g/mol. The molecule has 0 radical (unpaired) electrons. The fourth-order valence-electron chi connectivity index (χ4n) is 2.53. The molecule has 1 rings (SSSR count). The van der Waals surface area contributed by atoms with E-state index < -0.39 is 41.4 Å². The normalized spacial score (nSPS) is 13.9. The number of hydrogen-bond donors (Lipinski definition) is 4. The van der Waals surface area contributed by atoms with Gasteiger partial charge in [0.25, 0.3) is 0 Å². The summed E-state index contributed by atoms with van der Waals surface area (Å²) in [5, 5.41) is 5.50. The highest BCUT2D eigenvalue weighted by Gasteiger charge is 2.32. The van der Waals surface area contributed by atoms with Gasteiger partial charge in [-0.3, -0.25) is 9.59 Å². The predicted octanol–water partition coefficient (Wildman–Crippen LogP) is 0.945. The van der Waals surface area contributed by atoms with Gasteiger partial charge in [0, 0.05) is 6.54 Å². The van der Waals surface area contributed by atoms with Crippen LogP contribution in [0.1, 0.15) is 38.2 Å².